The van der Waals surface area contributed by atoms with Gasteiger partial charge in [0.1, 0.15) is 0 Å². The number of hydrogen-bond donors (Lipinski definition) is 1. The Labute approximate surface area is 107 Å². The number of anilines is 1. The number of hydrogen-bond acceptors (Lipinski definition) is 3. The summed E-state index contributed by atoms with van der Waals surface area (Å²) in [5.74, 6) is -0.829. The summed E-state index contributed by atoms with van der Waals surface area (Å²) in [6.07, 6.45) is 0.707. The number of ether oxygens (including phenoxy) is 1. The fourth-order valence-electron chi connectivity index (χ4n) is 1.28. The molecule has 0 spiro atoms. The van der Waals surface area contributed by atoms with Gasteiger partial charge in [-0.25, -0.2) is 0 Å². The second kappa shape index (κ2) is 6.79. The molecule has 1 aromatic carbocycles. The van der Waals surface area contributed by atoms with E-state index in [-0.39, 0.29) is 24.4 Å². The number of carbonyl (C=O) groups is 2. The van der Waals surface area contributed by atoms with Crippen LogP contribution < -0.4 is 5.32 Å². The maximum absolute atomic E-state index is 11.5. The lowest BCUT2D eigenvalue weighted by molar-refractivity contribution is -0.151. The Kier molecular flexibility index (Phi) is 5.36. The van der Waals surface area contributed by atoms with Gasteiger partial charge in [-0.2, -0.15) is 0 Å². The van der Waals surface area contributed by atoms with Crippen molar-refractivity contribution < 1.29 is 14.3 Å². The van der Waals surface area contributed by atoms with E-state index in [0.717, 1.165) is 5.56 Å². The van der Waals surface area contributed by atoms with Gasteiger partial charge >= 0.3 is 5.97 Å². The van der Waals surface area contributed by atoms with Gasteiger partial charge in [-0.1, -0.05) is 31.5 Å². The lowest BCUT2D eigenvalue weighted by Gasteiger charge is -2.09. The van der Waals surface area contributed by atoms with Gasteiger partial charge in [0.2, 0.25) is 0 Å². The number of amides is 1. The molecule has 1 N–H and O–H groups in total. The molecular formula is C14H19NO3. The van der Waals surface area contributed by atoms with Crippen molar-refractivity contribution in [2.24, 2.45) is 5.92 Å². The molecule has 0 saturated heterocycles. The van der Waals surface area contributed by atoms with Crippen molar-refractivity contribution in [1.82, 2.24) is 0 Å². The molecule has 0 aliphatic carbocycles. The van der Waals surface area contributed by atoms with Crippen molar-refractivity contribution in [3.05, 3.63) is 29.8 Å². The van der Waals surface area contributed by atoms with Crippen molar-refractivity contribution in [3.63, 3.8) is 0 Å². The first-order valence-electron chi connectivity index (χ1n) is 6.06. The Balaban J connectivity index is 2.38. The molecule has 0 aliphatic heterocycles. The molecule has 0 bridgehead atoms. The third kappa shape index (κ3) is 4.57. The number of benzene rings is 1. The molecule has 1 unspecified atom stereocenters. The van der Waals surface area contributed by atoms with Crippen LogP contribution in [0, 0.1) is 12.8 Å². The smallest absolute Gasteiger partial charge is 0.309 e. The molecule has 1 rings (SSSR count). The molecule has 0 saturated carbocycles. The minimum atomic E-state index is -0.337. The van der Waals surface area contributed by atoms with E-state index in [2.05, 4.69) is 5.32 Å². The van der Waals surface area contributed by atoms with Crippen LogP contribution in [0.4, 0.5) is 5.69 Å². The highest BCUT2D eigenvalue weighted by molar-refractivity contribution is 5.92. The molecule has 1 amide bonds. The molecule has 18 heavy (non-hydrogen) atoms. The van der Waals surface area contributed by atoms with Crippen LogP contribution in [0.25, 0.3) is 0 Å². The summed E-state index contributed by atoms with van der Waals surface area (Å²) in [6, 6.07) is 7.43. The predicted molar refractivity (Wildman–Crippen MR) is 70.2 cm³/mol. The fraction of sp³-hybridized carbons (Fsp3) is 0.429. The summed E-state index contributed by atoms with van der Waals surface area (Å²) < 4.78 is 4.90. The molecule has 0 aromatic heterocycles. The molecule has 0 radical (unpaired) electrons. The minimum Gasteiger partial charge on any atom is -0.455 e. The van der Waals surface area contributed by atoms with Gasteiger partial charge in [0.25, 0.3) is 5.91 Å². The summed E-state index contributed by atoms with van der Waals surface area (Å²) in [6.45, 7) is 5.41. The van der Waals surface area contributed by atoms with Crippen LogP contribution in [-0.2, 0) is 14.3 Å². The van der Waals surface area contributed by atoms with E-state index < -0.39 is 0 Å². The zero-order valence-electron chi connectivity index (χ0n) is 11.0. The monoisotopic (exact) mass is 249 g/mol. The zero-order valence-corrected chi connectivity index (χ0v) is 11.0. The van der Waals surface area contributed by atoms with E-state index in [9.17, 15) is 9.59 Å². The van der Waals surface area contributed by atoms with E-state index in [1.165, 1.54) is 0 Å². The maximum atomic E-state index is 11.5. The van der Waals surface area contributed by atoms with E-state index in [0.29, 0.717) is 12.1 Å². The molecule has 4 nitrogen and oxygen atoms in total. The van der Waals surface area contributed by atoms with Crippen molar-refractivity contribution in [2.45, 2.75) is 27.2 Å². The van der Waals surface area contributed by atoms with Gasteiger partial charge in [-0.05, 0) is 25.5 Å². The number of carbonyl (C=O) groups excluding carboxylic acids is 2. The summed E-state index contributed by atoms with van der Waals surface area (Å²) in [7, 11) is 0. The van der Waals surface area contributed by atoms with Crippen molar-refractivity contribution in [1.29, 1.82) is 0 Å². The highest BCUT2D eigenvalue weighted by Crippen LogP contribution is 2.08. The maximum Gasteiger partial charge on any atom is 0.309 e. The van der Waals surface area contributed by atoms with Crippen LogP contribution in [-0.4, -0.2) is 18.5 Å². The molecule has 4 heteroatoms. The molecule has 1 atom stereocenters. The van der Waals surface area contributed by atoms with E-state index in [1.807, 2.05) is 38.1 Å². The first-order chi connectivity index (χ1) is 8.52. The Morgan fingerprint density at radius 3 is 2.44 bits per heavy atom. The average Bonchev–Trinajstić information content (AvgIpc) is 2.37. The Morgan fingerprint density at radius 2 is 1.89 bits per heavy atom. The van der Waals surface area contributed by atoms with Crippen molar-refractivity contribution in [2.75, 3.05) is 11.9 Å². The molecule has 0 heterocycles. The van der Waals surface area contributed by atoms with Gasteiger partial charge in [0.15, 0.2) is 6.61 Å². The number of nitrogens with one attached hydrogen (secondary N) is 1. The first kappa shape index (κ1) is 14.2. The SMILES string of the molecule is CCC(C)C(=O)OCC(=O)Nc1ccc(C)cc1. The lowest BCUT2D eigenvalue weighted by Crippen LogP contribution is -2.23. The number of rotatable bonds is 5. The van der Waals surface area contributed by atoms with Crippen molar-refractivity contribution in [3.8, 4) is 0 Å². The van der Waals surface area contributed by atoms with Gasteiger partial charge < -0.3 is 10.1 Å². The van der Waals surface area contributed by atoms with Gasteiger partial charge in [-0.3, -0.25) is 9.59 Å². The third-order valence-corrected chi connectivity index (χ3v) is 2.70. The van der Waals surface area contributed by atoms with Crippen LogP contribution in [0.2, 0.25) is 0 Å². The van der Waals surface area contributed by atoms with E-state index in [1.54, 1.807) is 6.92 Å². The van der Waals surface area contributed by atoms with E-state index >= 15 is 0 Å². The quantitative estimate of drug-likeness (QED) is 0.816. The molecular weight excluding hydrogens is 230 g/mol. The van der Waals surface area contributed by atoms with Crippen LogP contribution in [0.15, 0.2) is 24.3 Å². The third-order valence-electron chi connectivity index (χ3n) is 2.70. The number of esters is 1. The van der Waals surface area contributed by atoms with E-state index in [4.69, 9.17) is 4.74 Å². The van der Waals surface area contributed by atoms with Crippen LogP contribution in [0.1, 0.15) is 25.8 Å². The van der Waals surface area contributed by atoms with Gasteiger partial charge in [0, 0.05) is 5.69 Å². The average molecular weight is 249 g/mol. The zero-order chi connectivity index (χ0) is 13.5. The summed E-state index contributed by atoms with van der Waals surface area (Å²) in [4.78, 5) is 22.9. The predicted octanol–water partition coefficient (Wildman–Crippen LogP) is 2.52. The highest BCUT2D eigenvalue weighted by Gasteiger charge is 2.13. The van der Waals surface area contributed by atoms with Gasteiger partial charge in [-0.15, -0.1) is 0 Å². The minimum absolute atomic E-state index is 0.169. The standard InChI is InChI=1S/C14H19NO3/c1-4-11(3)14(17)18-9-13(16)15-12-7-5-10(2)6-8-12/h5-8,11H,4,9H2,1-3H3,(H,15,16). The first-order valence-corrected chi connectivity index (χ1v) is 6.06. The van der Waals surface area contributed by atoms with Crippen LogP contribution in [0.3, 0.4) is 0 Å². The van der Waals surface area contributed by atoms with Gasteiger partial charge in [0.05, 0.1) is 5.92 Å². The topological polar surface area (TPSA) is 55.4 Å². The van der Waals surface area contributed by atoms with Crippen LogP contribution >= 0.6 is 0 Å². The molecule has 0 fully saturated rings. The summed E-state index contributed by atoms with van der Waals surface area (Å²) in [5, 5.41) is 2.67. The summed E-state index contributed by atoms with van der Waals surface area (Å²) in [5.41, 5.74) is 1.82. The molecule has 1 aromatic rings. The second-order valence-electron chi connectivity index (χ2n) is 4.33. The highest BCUT2D eigenvalue weighted by atomic mass is 16.5. The Morgan fingerprint density at radius 1 is 1.28 bits per heavy atom. The summed E-state index contributed by atoms with van der Waals surface area (Å²) >= 11 is 0. The van der Waals surface area contributed by atoms with Crippen molar-refractivity contribution >= 4 is 17.6 Å². The normalized spacial score (nSPS) is 11.7. The number of aryl methyl sites for hydroxylation is 1. The Bertz CT molecular complexity index is 412. The van der Waals surface area contributed by atoms with Crippen LogP contribution in [0.5, 0.6) is 0 Å². The Hall–Kier alpha value is -1.84. The largest absolute Gasteiger partial charge is 0.455 e. The second-order valence-corrected chi connectivity index (χ2v) is 4.33. The lowest BCUT2D eigenvalue weighted by atomic mass is 10.1. The molecule has 98 valence electrons. The fourth-order valence-corrected chi connectivity index (χ4v) is 1.28. The molecule has 0 aliphatic rings.